The number of fused-ring (bicyclic) bond motifs is 1. The average molecular weight is 262 g/mol. The summed E-state index contributed by atoms with van der Waals surface area (Å²) in [6.07, 6.45) is 1.29. The second-order valence-corrected chi connectivity index (χ2v) is 4.57. The summed E-state index contributed by atoms with van der Waals surface area (Å²) in [6.45, 7) is 3.35. The number of morpholine rings is 1. The molecule has 1 aromatic carbocycles. The molecule has 1 atom stereocenters. The molecule has 2 aliphatic rings. The van der Waals surface area contributed by atoms with Crippen LogP contribution < -0.4 is 10.6 Å². The van der Waals surface area contributed by atoms with Crippen molar-refractivity contribution in [3.63, 3.8) is 0 Å². The highest BCUT2D eigenvalue weighted by molar-refractivity contribution is 5.70. The topological polar surface area (TPSA) is 63.3 Å². The Labute approximate surface area is 112 Å². The predicted octanol–water partition coefficient (Wildman–Crippen LogP) is 1.02. The van der Waals surface area contributed by atoms with E-state index in [-0.39, 0.29) is 6.17 Å². The van der Waals surface area contributed by atoms with Gasteiger partial charge in [0.2, 0.25) is 0 Å². The molecule has 0 radical (unpaired) electrons. The van der Waals surface area contributed by atoms with Gasteiger partial charge in [-0.3, -0.25) is 4.84 Å². The molecule has 6 heteroatoms. The molecule has 2 heterocycles. The Bertz CT molecular complexity index is 486. The number of hydrogen-bond acceptors (Lipinski definition) is 6. The van der Waals surface area contributed by atoms with Crippen molar-refractivity contribution in [3.05, 3.63) is 23.8 Å². The molecule has 0 spiro atoms. The zero-order valence-corrected chi connectivity index (χ0v) is 11.0. The highest BCUT2D eigenvalue weighted by Gasteiger charge is 2.22. The lowest BCUT2D eigenvalue weighted by Gasteiger charge is -2.32. The molecule has 19 heavy (non-hydrogen) atoms. The van der Waals surface area contributed by atoms with E-state index >= 15 is 0 Å². The van der Waals surface area contributed by atoms with Crippen LogP contribution in [0.5, 0.6) is 0 Å². The van der Waals surface area contributed by atoms with Gasteiger partial charge in [0.1, 0.15) is 12.5 Å². The average Bonchev–Trinajstić information content (AvgIpc) is 2.48. The summed E-state index contributed by atoms with van der Waals surface area (Å²) in [5.74, 6) is 0. The van der Waals surface area contributed by atoms with Crippen molar-refractivity contribution in [2.75, 3.05) is 38.3 Å². The van der Waals surface area contributed by atoms with Crippen LogP contribution in [0.2, 0.25) is 0 Å². The number of aliphatic imine (C=N–C) groups is 1. The Morgan fingerprint density at radius 3 is 2.89 bits per heavy atom. The summed E-state index contributed by atoms with van der Waals surface area (Å²) < 4.78 is 5.37. The lowest BCUT2D eigenvalue weighted by molar-refractivity contribution is -0.0932. The largest absolute Gasteiger partial charge is 0.378 e. The van der Waals surface area contributed by atoms with E-state index in [4.69, 9.17) is 15.3 Å². The van der Waals surface area contributed by atoms with Crippen LogP contribution in [0.1, 0.15) is 11.7 Å². The quantitative estimate of drug-likeness (QED) is 0.862. The number of anilines is 1. The van der Waals surface area contributed by atoms with Crippen LogP contribution in [0.4, 0.5) is 11.4 Å². The predicted molar refractivity (Wildman–Crippen MR) is 73.4 cm³/mol. The van der Waals surface area contributed by atoms with Gasteiger partial charge in [-0.2, -0.15) is 0 Å². The third kappa shape index (κ3) is 2.30. The van der Waals surface area contributed by atoms with Gasteiger partial charge in [0.25, 0.3) is 0 Å². The normalized spacial score (nSPS) is 22.5. The summed E-state index contributed by atoms with van der Waals surface area (Å²) >= 11 is 0. The van der Waals surface area contributed by atoms with Crippen molar-refractivity contribution < 1.29 is 9.57 Å². The van der Waals surface area contributed by atoms with E-state index in [9.17, 15) is 0 Å². The van der Waals surface area contributed by atoms with Gasteiger partial charge in [-0.25, -0.2) is 10.1 Å². The molecule has 1 saturated heterocycles. The lowest BCUT2D eigenvalue weighted by Crippen LogP contribution is -2.37. The lowest BCUT2D eigenvalue weighted by atomic mass is 10.1. The van der Waals surface area contributed by atoms with Crippen LogP contribution in [0, 0.1) is 0 Å². The first-order chi connectivity index (χ1) is 9.29. The molecule has 0 saturated carbocycles. The van der Waals surface area contributed by atoms with E-state index in [1.807, 2.05) is 6.07 Å². The van der Waals surface area contributed by atoms with Crippen LogP contribution >= 0.6 is 0 Å². The second-order valence-electron chi connectivity index (χ2n) is 4.57. The molecule has 6 nitrogen and oxygen atoms in total. The summed E-state index contributed by atoms with van der Waals surface area (Å²) in [6, 6.07) is 6.17. The van der Waals surface area contributed by atoms with E-state index in [1.54, 1.807) is 18.5 Å². The Morgan fingerprint density at radius 1 is 1.37 bits per heavy atom. The molecule has 0 aromatic heterocycles. The van der Waals surface area contributed by atoms with Crippen LogP contribution in [0.25, 0.3) is 0 Å². The van der Waals surface area contributed by atoms with Gasteiger partial charge in [0, 0.05) is 24.3 Å². The van der Waals surface area contributed by atoms with Crippen LogP contribution in [0.3, 0.4) is 0 Å². The monoisotopic (exact) mass is 262 g/mol. The maximum Gasteiger partial charge on any atom is 0.132 e. The smallest absolute Gasteiger partial charge is 0.132 e. The van der Waals surface area contributed by atoms with E-state index in [0.29, 0.717) is 0 Å². The molecule has 2 N–H and O–H groups in total. The number of benzene rings is 1. The first kappa shape index (κ1) is 12.4. The van der Waals surface area contributed by atoms with Crippen LogP contribution in [-0.2, 0) is 9.57 Å². The first-order valence-electron chi connectivity index (χ1n) is 6.38. The summed E-state index contributed by atoms with van der Waals surface area (Å²) in [5.41, 5.74) is 9.20. The standard InChI is InChI=1S/C13H18N4O2/c1-18-17-9-15-12-3-2-10(8-11(12)13(17)14)16-4-6-19-7-5-16/h2-3,8-9,13H,4-7,14H2,1H3. The molecule has 3 rings (SSSR count). The maximum absolute atomic E-state index is 6.17. The van der Waals surface area contributed by atoms with Crippen molar-refractivity contribution in [2.45, 2.75) is 6.17 Å². The van der Waals surface area contributed by atoms with Crippen molar-refractivity contribution in [3.8, 4) is 0 Å². The Hall–Kier alpha value is -1.63. The molecule has 0 aliphatic carbocycles. The van der Waals surface area contributed by atoms with Gasteiger partial charge >= 0.3 is 0 Å². The fraction of sp³-hybridized carbons (Fsp3) is 0.462. The molecule has 1 fully saturated rings. The molecular formula is C13H18N4O2. The zero-order valence-electron chi connectivity index (χ0n) is 11.0. The number of nitrogens with two attached hydrogens (primary N) is 1. The van der Waals surface area contributed by atoms with Gasteiger partial charge in [-0.1, -0.05) is 0 Å². The molecule has 0 amide bonds. The fourth-order valence-corrected chi connectivity index (χ4v) is 2.40. The Balaban J connectivity index is 1.90. The van der Waals surface area contributed by atoms with Crippen molar-refractivity contribution in [1.82, 2.24) is 5.06 Å². The van der Waals surface area contributed by atoms with Crippen molar-refractivity contribution in [2.24, 2.45) is 10.7 Å². The van der Waals surface area contributed by atoms with Crippen LogP contribution in [0.15, 0.2) is 23.2 Å². The molecule has 1 aromatic rings. The number of nitrogens with zero attached hydrogens (tertiary/aromatic N) is 3. The highest BCUT2D eigenvalue weighted by Crippen LogP contribution is 2.33. The molecule has 1 unspecified atom stereocenters. The van der Waals surface area contributed by atoms with E-state index in [2.05, 4.69) is 22.0 Å². The molecule has 2 aliphatic heterocycles. The van der Waals surface area contributed by atoms with E-state index in [0.717, 1.165) is 43.2 Å². The number of rotatable bonds is 2. The number of hydroxylamine groups is 2. The minimum Gasteiger partial charge on any atom is -0.378 e. The first-order valence-corrected chi connectivity index (χ1v) is 6.38. The van der Waals surface area contributed by atoms with Gasteiger partial charge in [0.15, 0.2) is 0 Å². The maximum atomic E-state index is 6.17. The number of hydrogen-bond donors (Lipinski definition) is 1. The SMILES string of the molecule is CON1C=Nc2ccc(N3CCOCC3)cc2C1N. The molecular weight excluding hydrogens is 244 g/mol. The molecule has 102 valence electrons. The Morgan fingerprint density at radius 2 is 2.16 bits per heavy atom. The van der Waals surface area contributed by atoms with E-state index < -0.39 is 0 Å². The summed E-state index contributed by atoms with van der Waals surface area (Å²) in [4.78, 5) is 11.8. The Kier molecular flexibility index (Phi) is 3.37. The van der Waals surface area contributed by atoms with Crippen molar-refractivity contribution in [1.29, 1.82) is 0 Å². The minimum absolute atomic E-state index is 0.321. The van der Waals surface area contributed by atoms with Gasteiger partial charge < -0.3 is 15.4 Å². The van der Waals surface area contributed by atoms with Crippen LogP contribution in [-0.4, -0.2) is 44.8 Å². The van der Waals surface area contributed by atoms with Gasteiger partial charge in [-0.15, -0.1) is 0 Å². The summed E-state index contributed by atoms with van der Waals surface area (Å²) in [7, 11) is 1.59. The van der Waals surface area contributed by atoms with Gasteiger partial charge in [0.05, 0.1) is 26.0 Å². The highest BCUT2D eigenvalue weighted by atomic mass is 16.7. The molecule has 0 bridgehead atoms. The fourth-order valence-electron chi connectivity index (χ4n) is 2.40. The summed E-state index contributed by atoms with van der Waals surface area (Å²) in [5, 5.41) is 1.55. The zero-order chi connectivity index (χ0) is 13.2. The minimum atomic E-state index is -0.321. The second kappa shape index (κ2) is 5.16. The third-order valence-electron chi connectivity index (χ3n) is 3.50. The third-order valence-corrected chi connectivity index (χ3v) is 3.50. The van der Waals surface area contributed by atoms with Gasteiger partial charge in [-0.05, 0) is 18.2 Å². The number of ether oxygens (including phenoxy) is 1. The van der Waals surface area contributed by atoms with E-state index in [1.165, 1.54) is 0 Å². The van der Waals surface area contributed by atoms with Crippen molar-refractivity contribution >= 4 is 17.7 Å².